The topological polar surface area (TPSA) is 122 Å². The number of nitro benzene ring substituents is 1. The van der Waals surface area contributed by atoms with E-state index in [2.05, 4.69) is 5.32 Å². The first-order valence-electron chi connectivity index (χ1n) is 7.06. The Labute approximate surface area is 139 Å². The molecule has 1 heterocycles. The highest BCUT2D eigenvalue weighted by Gasteiger charge is 2.26. The second kappa shape index (κ2) is 7.01. The molecule has 0 radical (unpaired) electrons. The number of sulfonamides is 1. The number of anilines is 1. The van der Waals surface area contributed by atoms with Crippen molar-refractivity contribution in [3.05, 3.63) is 28.3 Å². The van der Waals surface area contributed by atoms with Crippen molar-refractivity contribution in [3.8, 4) is 5.75 Å². The number of hydrogen-bond donors (Lipinski definition) is 1. The first-order chi connectivity index (χ1) is 11.2. The molecule has 0 aliphatic carbocycles. The first-order valence-corrected chi connectivity index (χ1v) is 8.90. The van der Waals surface area contributed by atoms with E-state index in [9.17, 15) is 23.3 Å². The average molecular weight is 358 g/mol. The van der Waals surface area contributed by atoms with E-state index in [-0.39, 0.29) is 37.6 Å². The smallest absolute Gasteiger partial charge is 0.322 e. The number of nitrogens with one attached hydrogen (secondary N) is 1. The highest BCUT2D eigenvalue weighted by atomic mass is 32.2. The molecule has 0 spiro atoms. The molecule has 1 fully saturated rings. The molecule has 0 unspecified atom stereocenters. The summed E-state index contributed by atoms with van der Waals surface area (Å²) in [7, 11) is -1.92. The molecule has 0 bridgehead atoms. The maximum Gasteiger partial charge on any atom is 0.322 e. The second-order valence-electron chi connectivity index (χ2n) is 5.22. The molecule has 1 aliphatic heterocycles. The summed E-state index contributed by atoms with van der Waals surface area (Å²) in [5, 5.41) is 13.4. The molecular formula is C13H18N4O6S. The van der Waals surface area contributed by atoms with Gasteiger partial charge >= 0.3 is 6.03 Å². The zero-order valence-corrected chi connectivity index (χ0v) is 14.1. The van der Waals surface area contributed by atoms with Crippen LogP contribution in [0, 0.1) is 10.1 Å². The Morgan fingerprint density at radius 1 is 1.29 bits per heavy atom. The average Bonchev–Trinajstić information content (AvgIpc) is 2.54. The number of non-ortho nitro benzene ring substituents is 1. The molecule has 10 nitrogen and oxygen atoms in total. The quantitative estimate of drug-likeness (QED) is 0.625. The third-order valence-electron chi connectivity index (χ3n) is 3.63. The predicted molar refractivity (Wildman–Crippen MR) is 86.7 cm³/mol. The summed E-state index contributed by atoms with van der Waals surface area (Å²) in [6.45, 7) is 0.968. The molecule has 24 heavy (non-hydrogen) atoms. The summed E-state index contributed by atoms with van der Waals surface area (Å²) in [6, 6.07) is 3.45. The number of carbonyl (C=O) groups excluding carboxylic acids is 1. The van der Waals surface area contributed by atoms with E-state index in [0.717, 1.165) is 6.26 Å². The number of hydrogen-bond acceptors (Lipinski definition) is 6. The molecule has 2 amide bonds. The molecule has 1 aromatic carbocycles. The van der Waals surface area contributed by atoms with E-state index in [1.807, 2.05) is 0 Å². The number of rotatable bonds is 4. The first kappa shape index (κ1) is 17.9. The van der Waals surface area contributed by atoms with Crippen LogP contribution in [0.4, 0.5) is 16.2 Å². The molecule has 2 rings (SSSR count). The predicted octanol–water partition coefficient (Wildman–Crippen LogP) is 0.712. The van der Waals surface area contributed by atoms with Gasteiger partial charge in [0.25, 0.3) is 5.69 Å². The minimum atomic E-state index is -3.27. The molecule has 0 atom stereocenters. The Kier molecular flexibility index (Phi) is 5.24. The van der Waals surface area contributed by atoms with Crippen molar-refractivity contribution in [3.63, 3.8) is 0 Å². The van der Waals surface area contributed by atoms with Crippen LogP contribution in [0.15, 0.2) is 18.2 Å². The third kappa shape index (κ3) is 4.11. The van der Waals surface area contributed by atoms with Gasteiger partial charge in [0.15, 0.2) is 0 Å². The number of ether oxygens (including phenoxy) is 1. The standard InChI is InChI=1S/C13H18N4O6S/c1-23-12-9-10(17(19)20)3-4-11(12)14-13(18)15-5-7-16(8-6-15)24(2,21)22/h3-4,9H,5-8H2,1-2H3,(H,14,18). The third-order valence-corrected chi connectivity index (χ3v) is 4.94. The minimum absolute atomic E-state index is 0.147. The number of carbonyl (C=O) groups is 1. The highest BCUT2D eigenvalue weighted by molar-refractivity contribution is 7.88. The van der Waals surface area contributed by atoms with E-state index in [1.165, 1.54) is 34.5 Å². The van der Waals surface area contributed by atoms with Crippen molar-refractivity contribution < 1.29 is 22.9 Å². The van der Waals surface area contributed by atoms with Gasteiger partial charge in [-0.3, -0.25) is 10.1 Å². The zero-order chi connectivity index (χ0) is 17.9. The van der Waals surface area contributed by atoms with E-state index in [4.69, 9.17) is 4.74 Å². The number of piperazine rings is 1. The van der Waals surface area contributed by atoms with Crippen LogP contribution in [0.5, 0.6) is 5.75 Å². The fourth-order valence-electron chi connectivity index (χ4n) is 2.31. The van der Waals surface area contributed by atoms with Gasteiger partial charge < -0.3 is 15.0 Å². The highest BCUT2D eigenvalue weighted by Crippen LogP contribution is 2.29. The van der Waals surface area contributed by atoms with Gasteiger partial charge in [0.1, 0.15) is 5.75 Å². The summed E-state index contributed by atoms with van der Waals surface area (Å²) in [5.41, 5.74) is 0.158. The van der Waals surface area contributed by atoms with Crippen molar-refractivity contribution in [1.82, 2.24) is 9.21 Å². The van der Waals surface area contributed by atoms with Crippen LogP contribution in [-0.2, 0) is 10.0 Å². The van der Waals surface area contributed by atoms with Gasteiger partial charge in [0.05, 0.1) is 30.0 Å². The summed E-state index contributed by atoms with van der Waals surface area (Å²) < 4.78 is 29.3. The second-order valence-corrected chi connectivity index (χ2v) is 7.20. The van der Waals surface area contributed by atoms with Crippen molar-refractivity contribution in [2.45, 2.75) is 0 Å². The van der Waals surface area contributed by atoms with Crippen LogP contribution >= 0.6 is 0 Å². The Morgan fingerprint density at radius 2 is 1.92 bits per heavy atom. The molecule has 0 aromatic heterocycles. The zero-order valence-electron chi connectivity index (χ0n) is 13.3. The van der Waals surface area contributed by atoms with E-state index >= 15 is 0 Å². The lowest BCUT2D eigenvalue weighted by atomic mass is 10.2. The Hall–Kier alpha value is -2.40. The minimum Gasteiger partial charge on any atom is -0.494 e. The van der Waals surface area contributed by atoms with Crippen molar-refractivity contribution in [2.24, 2.45) is 0 Å². The van der Waals surface area contributed by atoms with Crippen LogP contribution in [-0.4, -0.2) is 68.1 Å². The summed E-state index contributed by atoms with van der Waals surface area (Å²) in [4.78, 5) is 23.9. The maximum absolute atomic E-state index is 12.3. The van der Waals surface area contributed by atoms with Crippen molar-refractivity contribution >= 4 is 27.4 Å². The van der Waals surface area contributed by atoms with Gasteiger partial charge in [-0.2, -0.15) is 4.31 Å². The molecular weight excluding hydrogens is 340 g/mol. The number of nitro groups is 1. The lowest BCUT2D eigenvalue weighted by molar-refractivity contribution is -0.384. The summed E-state index contributed by atoms with van der Waals surface area (Å²) in [6.07, 6.45) is 1.13. The lowest BCUT2D eigenvalue weighted by Crippen LogP contribution is -2.51. The summed E-state index contributed by atoms with van der Waals surface area (Å²) >= 11 is 0. The van der Waals surface area contributed by atoms with Gasteiger partial charge in [-0.25, -0.2) is 13.2 Å². The molecule has 1 N–H and O–H groups in total. The van der Waals surface area contributed by atoms with E-state index in [0.29, 0.717) is 5.69 Å². The molecule has 0 saturated carbocycles. The number of amides is 2. The van der Waals surface area contributed by atoms with Gasteiger partial charge in [-0.15, -0.1) is 0 Å². The Balaban J connectivity index is 2.04. The van der Waals surface area contributed by atoms with E-state index < -0.39 is 21.0 Å². The Bertz CT molecular complexity index is 743. The molecule has 1 aromatic rings. The maximum atomic E-state index is 12.3. The Morgan fingerprint density at radius 3 is 2.42 bits per heavy atom. The fraction of sp³-hybridized carbons (Fsp3) is 0.462. The molecule has 1 aliphatic rings. The number of nitrogens with zero attached hydrogens (tertiary/aromatic N) is 3. The van der Waals surface area contributed by atoms with Gasteiger partial charge in [-0.05, 0) is 6.07 Å². The normalized spacial score (nSPS) is 15.8. The SMILES string of the molecule is COc1cc([N+](=O)[O-])ccc1NC(=O)N1CCN(S(C)(=O)=O)CC1. The van der Waals surface area contributed by atoms with Gasteiger partial charge in [0, 0.05) is 32.2 Å². The molecule has 132 valence electrons. The number of benzene rings is 1. The molecule has 1 saturated heterocycles. The monoisotopic (exact) mass is 358 g/mol. The molecule has 11 heteroatoms. The van der Waals surface area contributed by atoms with Crippen LogP contribution < -0.4 is 10.1 Å². The van der Waals surface area contributed by atoms with Crippen LogP contribution in [0.25, 0.3) is 0 Å². The number of urea groups is 1. The van der Waals surface area contributed by atoms with Crippen LogP contribution in [0.3, 0.4) is 0 Å². The van der Waals surface area contributed by atoms with Crippen molar-refractivity contribution in [2.75, 3.05) is 44.9 Å². The largest absolute Gasteiger partial charge is 0.494 e. The lowest BCUT2D eigenvalue weighted by Gasteiger charge is -2.33. The summed E-state index contributed by atoms with van der Waals surface area (Å²) in [5.74, 6) is 0.173. The van der Waals surface area contributed by atoms with Crippen molar-refractivity contribution in [1.29, 1.82) is 0 Å². The number of methoxy groups -OCH3 is 1. The fourth-order valence-corrected chi connectivity index (χ4v) is 3.14. The van der Waals surface area contributed by atoms with Gasteiger partial charge in [0.2, 0.25) is 10.0 Å². The van der Waals surface area contributed by atoms with E-state index in [1.54, 1.807) is 0 Å². The van der Waals surface area contributed by atoms with Gasteiger partial charge in [-0.1, -0.05) is 0 Å². The van der Waals surface area contributed by atoms with Crippen LogP contribution in [0.1, 0.15) is 0 Å². The van der Waals surface area contributed by atoms with Crippen LogP contribution in [0.2, 0.25) is 0 Å².